The van der Waals surface area contributed by atoms with Gasteiger partial charge in [0.15, 0.2) is 11.5 Å². The van der Waals surface area contributed by atoms with E-state index >= 15 is 0 Å². The van der Waals surface area contributed by atoms with Gasteiger partial charge in [-0.25, -0.2) is 4.79 Å². The molecule has 1 aliphatic heterocycles. The minimum Gasteiger partial charge on any atom is -0.486 e. The maximum Gasteiger partial charge on any atom is 0.360 e. The fourth-order valence-corrected chi connectivity index (χ4v) is 4.42. The zero-order valence-corrected chi connectivity index (χ0v) is 23.3. The third kappa shape index (κ3) is 7.08. The van der Waals surface area contributed by atoms with Gasteiger partial charge in [0.2, 0.25) is 0 Å². The molecule has 39 heavy (non-hydrogen) atoms. The number of methoxy groups -OCH3 is 1. The normalized spacial score (nSPS) is 12.3. The number of carbonyl (C=O) groups is 1. The molecule has 1 aliphatic rings. The number of carbonyl (C=O) groups excluding carboxylic acids is 1. The summed E-state index contributed by atoms with van der Waals surface area (Å²) in [6.07, 6.45) is 8.00. The minimum absolute atomic E-state index is 0.199. The van der Waals surface area contributed by atoms with Crippen LogP contribution in [0.25, 0.3) is 5.76 Å². The number of fused-ring (bicyclic) bond motifs is 1. The molecule has 6 heteroatoms. The Morgan fingerprint density at radius 1 is 0.897 bits per heavy atom. The molecule has 4 rings (SSSR count). The van der Waals surface area contributed by atoms with Crippen LogP contribution in [0.1, 0.15) is 44.4 Å². The number of terminal acetylenes is 1. The van der Waals surface area contributed by atoms with Gasteiger partial charge in [0.1, 0.15) is 18.1 Å². The molecule has 0 aromatic heterocycles. The summed E-state index contributed by atoms with van der Waals surface area (Å²) in [4.78, 5) is 13.2. The molecule has 0 spiro atoms. The molecule has 3 aromatic rings. The van der Waals surface area contributed by atoms with Crippen molar-refractivity contribution >= 4 is 17.4 Å². The van der Waals surface area contributed by atoms with Crippen LogP contribution in [0.3, 0.4) is 0 Å². The van der Waals surface area contributed by atoms with Crippen LogP contribution in [-0.2, 0) is 27.4 Å². The van der Waals surface area contributed by atoms with Gasteiger partial charge in [0, 0.05) is 16.8 Å². The first-order chi connectivity index (χ1) is 18.9. The Kier molecular flexibility index (Phi) is 10.3. The van der Waals surface area contributed by atoms with E-state index in [1.54, 1.807) is 5.01 Å². The molecule has 1 heterocycles. The second kappa shape index (κ2) is 13.9. The van der Waals surface area contributed by atoms with Crippen molar-refractivity contribution in [3.63, 3.8) is 0 Å². The predicted molar refractivity (Wildman–Crippen MR) is 156 cm³/mol. The molecule has 0 radical (unpaired) electrons. The van der Waals surface area contributed by atoms with E-state index in [1.165, 1.54) is 7.11 Å². The van der Waals surface area contributed by atoms with Gasteiger partial charge < -0.3 is 14.2 Å². The topological polar surface area (TPSA) is 60.4 Å². The number of ether oxygens (including phenoxy) is 3. The maximum atomic E-state index is 13.2. The number of benzene rings is 3. The summed E-state index contributed by atoms with van der Waals surface area (Å²) in [6.45, 7) is 9.05. The average Bonchev–Trinajstić information content (AvgIpc) is 2.96. The van der Waals surface area contributed by atoms with Crippen LogP contribution < -0.4 is 4.74 Å². The van der Waals surface area contributed by atoms with Crippen molar-refractivity contribution in [2.75, 3.05) is 7.11 Å². The monoisotopic (exact) mass is 524 g/mol. The van der Waals surface area contributed by atoms with Crippen molar-refractivity contribution < 1.29 is 19.0 Å². The highest BCUT2D eigenvalue weighted by Crippen LogP contribution is 2.40. The largest absolute Gasteiger partial charge is 0.486 e. The highest BCUT2D eigenvalue weighted by Gasteiger charge is 2.34. The maximum absolute atomic E-state index is 13.2. The third-order valence-electron chi connectivity index (χ3n) is 6.15. The number of para-hydroxylation sites is 1. The lowest BCUT2D eigenvalue weighted by Gasteiger charge is -2.32. The van der Waals surface area contributed by atoms with E-state index in [1.807, 2.05) is 78.9 Å². The first-order valence-corrected chi connectivity index (χ1v) is 12.9. The van der Waals surface area contributed by atoms with Crippen LogP contribution >= 0.6 is 0 Å². The van der Waals surface area contributed by atoms with E-state index in [-0.39, 0.29) is 17.5 Å². The van der Waals surface area contributed by atoms with Crippen molar-refractivity contribution in [3.8, 4) is 24.3 Å². The molecule has 0 fully saturated rings. The fourth-order valence-electron chi connectivity index (χ4n) is 4.42. The number of rotatable bonds is 9. The number of hydrogen-bond donors (Lipinski definition) is 0. The third-order valence-corrected chi connectivity index (χ3v) is 6.15. The predicted octanol–water partition coefficient (Wildman–Crippen LogP) is 7.27. The van der Waals surface area contributed by atoms with Gasteiger partial charge in [-0.05, 0) is 35.6 Å². The summed E-state index contributed by atoms with van der Waals surface area (Å²) in [5.41, 5.74) is 3.92. The molecular weight excluding hydrogens is 488 g/mol. The van der Waals surface area contributed by atoms with Crippen molar-refractivity contribution in [1.82, 2.24) is 5.01 Å². The molecule has 202 valence electrons. The molecule has 0 bridgehead atoms. The van der Waals surface area contributed by atoms with Crippen LogP contribution in [0.4, 0.5) is 0 Å². The van der Waals surface area contributed by atoms with Gasteiger partial charge in [-0.3, -0.25) is 5.01 Å². The zero-order chi connectivity index (χ0) is 28.4. The van der Waals surface area contributed by atoms with Crippen molar-refractivity contribution in [1.29, 1.82) is 0 Å². The van der Waals surface area contributed by atoms with E-state index in [9.17, 15) is 4.79 Å². The molecule has 0 N–H and O–H groups in total. The Bertz CT molecular complexity index is 1320. The van der Waals surface area contributed by atoms with Crippen molar-refractivity contribution in [2.45, 2.75) is 40.8 Å². The second-order valence-corrected chi connectivity index (χ2v) is 9.53. The summed E-state index contributed by atoms with van der Waals surface area (Å²) in [5, 5.41) is 6.70. The molecule has 0 amide bonds. The van der Waals surface area contributed by atoms with E-state index in [0.29, 0.717) is 24.7 Å². The summed E-state index contributed by atoms with van der Waals surface area (Å²) in [5.74, 6) is 1.73. The van der Waals surface area contributed by atoms with E-state index in [4.69, 9.17) is 19.3 Å². The Hall–Kier alpha value is -4.50. The lowest BCUT2D eigenvalue weighted by molar-refractivity contribution is -0.138. The molecule has 0 unspecified atom stereocenters. The highest BCUT2D eigenvalue weighted by atomic mass is 16.5. The number of esters is 1. The lowest BCUT2D eigenvalue weighted by Crippen LogP contribution is -2.32. The molecule has 3 aromatic carbocycles. The molecule has 0 aliphatic carbocycles. The quantitative estimate of drug-likeness (QED) is 0.167. The lowest BCUT2D eigenvalue weighted by atomic mass is 9.97. The van der Waals surface area contributed by atoms with Gasteiger partial charge in [0.25, 0.3) is 0 Å². The van der Waals surface area contributed by atoms with Crippen molar-refractivity contribution in [3.05, 3.63) is 101 Å². The number of hydrazone groups is 1. The molecule has 6 nitrogen and oxygen atoms in total. The molecule has 0 saturated heterocycles. The van der Waals surface area contributed by atoms with Gasteiger partial charge in [-0.2, -0.15) is 5.10 Å². The average molecular weight is 525 g/mol. The Morgan fingerprint density at radius 3 is 2.10 bits per heavy atom. The Morgan fingerprint density at radius 2 is 1.51 bits per heavy atom. The zero-order valence-electron chi connectivity index (χ0n) is 23.3. The summed E-state index contributed by atoms with van der Waals surface area (Å²) in [7, 11) is 1.38. The molecule has 0 saturated carbocycles. The second-order valence-electron chi connectivity index (χ2n) is 9.53. The first kappa shape index (κ1) is 29.1. The van der Waals surface area contributed by atoms with Crippen molar-refractivity contribution in [2.24, 2.45) is 16.9 Å². The van der Waals surface area contributed by atoms with Crippen LogP contribution in [0.15, 0.2) is 89.7 Å². The van der Waals surface area contributed by atoms with Gasteiger partial charge >= 0.3 is 5.97 Å². The fraction of sp³-hybridized carbons (Fsp3) is 0.273. The standard InChI is InChI=1S/C31H34N2O4.C2H2/c1-21(2)28(22(3)4)32-33-19-26-25(17-12-18-27(26)37-24-15-10-7-11-16-24)30(29(33)31(34)35-5)36-20-23-13-8-6-9-14-23;1-2/h6-18,21-22H,19-20H2,1-5H3;1-2H. The van der Waals surface area contributed by atoms with Gasteiger partial charge in [-0.1, -0.05) is 88.4 Å². The summed E-state index contributed by atoms with van der Waals surface area (Å²) in [6, 6.07) is 25.3. The van der Waals surface area contributed by atoms with Gasteiger partial charge in [-0.15, -0.1) is 12.8 Å². The van der Waals surface area contributed by atoms with Crippen LogP contribution in [0, 0.1) is 24.7 Å². The Balaban J connectivity index is 0.00000205. The van der Waals surface area contributed by atoms with Crippen LogP contribution in [0.5, 0.6) is 11.5 Å². The van der Waals surface area contributed by atoms with E-state index in [0.717, 1.165) is 28.2 Å². The molecule has 0 atom stereocenters. The summed E-state index contributed by atoms with van der Waals surface area (Å²) < 4.78 is 17.9. The first-order valence-electron chi connectivity index (χ1n) is 12.9. The summed E-state index contributed by atoms with van der Waals surface area (Å²) >= 11 is 0. The Labute approximate surface area is 231 Å². The van der Waals surface area contributed by atoms with Crippen LogP contribution in [0.2, 0.25) is 0 Å². The smallest absolute Gasteiger partial charge is 0.360 e. The number of hydrogen-bond acceptors (Lipinski definition) is 6. The van der Waals surface area contributed by atoms with Crippen LogP contribution in [-0.4, -0.2) is 23.8 Å². The highest BCUT2D eigenvalue weighted by molar-refractivity contribution is 5.97. The van der Waals surface area contributed by atoms with Gasteiger partial charge in [0.05, 0.1) is 13.7 Å². The SMILES string of the molecule is C#C.COC(=O)C1=C(OCc2ccccc2)c2cccc(Oc3ccccc3)c2CN1N=C(C(C)C)C(C)C. The minimum atomic E-state index is -0.501. The van der Waals surface area contributed by atoms with E-state index < -0.39 is 5.97 Å². The molecular formula is C33H36N2O4. The number of nitrogens with zero attached hydrogens (tertiary/aromatic N) is 2. The van der Waals surface area contributed by atoms with E-state index in [2.05, 4.69) is 40.5 Å².